The van der Waals surface area contributed by atoms with Crippen LogP contribution in [0.25, 0.3) is 11.5 Å². The van der Waals surface area contributed by atoms with Crippen LogP contribution in [0.15, 0.2) is 51.4 Å². The maximum atomic E-state index is 14.0. The molecule has 0 aliphatic carbocycles. The Morgan fingerprint density at radius 1 is 1.21 bits per heavy atom. The van der Waals surface area contributed by atoms with Crippen molar-refractivity contribution in [2.45, 2.75) is 25.8 Å². The number of thiazole rings is 1. The van der Waals surface area contributed by atoms with Gasteiger partial charge in [-0.05, 0) is 37.1 Å². The number of aromatic nitrogens is 1. The molecule has 2 aromatic heterocycles. The second-order valence-corrected chi connectivity index (χ2v) is 7.41. The average Bonchev–Trinajstić information content (AvgIpc) is 3.40. The highest BCUT2D eigenvalue weighted by molar-refractivity contribution is 7.07. The molecule has 0 bridgehead atoms. The summed E-state index contributed by atoms with van der Waals surface area (Å²) in [5.41, 5.74) is 0.918. The summed E-state index contributed by atoms with van der Waals surface area (Å²) >= 11 is 1.36. The molecule has 1 aliphatic heterocycles. The van der Waals surface area contributed by atoms with Crippen LogP contribution in [0, 0.1) is 11.6 Å². The first-order valence-electron chi connectivity index (χ1n) is 9.11. The van der Waals surface area contributed by atoms with Gasteiger partial charge in [0.15, 0.2) is 16.4 Å². The Morgan fingerprint density at radius 3 is 2.82 bits per heavy atom. The normalized spacial score (nSPS) is 15.0. The van der Waals surface area contributed by atoms with Gasteiger partial charge in [0.25, 0.3) is 0 Å². The van der Waals surface area contributed by atoms with Crippen LogP contribution in [0.5, 0.6) is 0 Å². The minimum absolute atomic E-state index is 0.0812. The van der Waals surface area contributed by atoms with Gasteiger partial charge in [0, 0.05) is 37.5 Å². The van der Waals surface area contributed by atoms with Gasteiger partial charge in [-0.15, -0.1) is 11.3 Å². The number of hydrogen-bond donors (Lipinski definition) is 0. The predicted octanol–water partition coefficient (Wildman–Crippen LogP) is 4.33. The number of benzene rings is 1. The number of likely N-dealkylation sites (tertiary alicyclic amines) is 1. The van der Waals surface area contributed by atoms with Crippen molar-refractivity contribution in [3.05, 3.63) is 58.4 Å². The van der Waals surface area contributed by atoms with Crippen molar-refractivity contribution in [2.75, 3.05) is 13.1 Å². The van der Waals surface area contributed by atoms with Gasteiger partial charge in [-0.3, -0.25) is 4.79 Å². The summed E-state index contributed by atoms with van der Waals surface area (Å²) in [7, 11) is 0. The molecule has 28 heavy (non-hydrogen) atoms. The van der Waals surface area contributed by atoms with Gasteiger partial charge in [0.05, 0.1) is 12.0 Å². The van der Waals surface area contributed by atoms with Gasteiger partial charge in [-0.2, -0.15) is 0 Å². The second-order valence-electron chi connectivity index (χ2n) is 6.58. The number of carbonyl (C=O) groups is 1. The smallest absolute Gasteiger partial charge is 0.222 e. The van der Waals surface area contributed by atoms with Crippen LogP contribution in [0.1, 0.15) is 19.3 Å². The van der Waals surface area contributed by atoms with Crippen LogP contribution >= 0.6 is 11.3 Å². The largest absolute Gasteiger partial charge is 0.463 e. The molecule has 4 rings (SSSR count). The van der Waals surface area contributed by atoms with Gasteiger partial charge < -0.3 is 13.9 Å². The molecule has 0 radical (unpaired) electrons. The van der Waals surface area contributed by atoms with E-state index in [1.807, 2.05) is 20.9 Å². The van der Waals surface area contributed by atoms with Crippen molar-refractivity contribution in [3.63, 3.8) is 0 Å². The monoisotopic (exact) mass is 403 g/mol. The number of rotatable bonds is 6. The molecule has 0 unspecified atom stereocenters. The maximum absolute atomic E-state index is 14.0. The van der Waals surface area contributed by atoms with E-state index in [2.05, 4.69) is 4.99 Å². The minimum atomic E-state index is -0.706. The lowest BCUT2D eigenvalue weighted by Crippen LogP contribution is -2.27. The van der Waals surface area contributed by atoms with Crippen LogP contribution in [-0.4, -0.2) is 28.5 Å². The summed E-state index contributed by atoms with van der Waals surface area (Å²) < 4.78 is 34.7. The lowest BCUT2D eigenvalue weighted by molar-refractivity contribution is -0.127. The van der Waals surface area contributed by atoms with E-state index in [0.717, 1.165) is 31.1 Å². The first kappa shape index (κ1) is 18.6. The zero-order chi connectivity index (χ0) is 19.5. The number of hydrogen-bond acceptors (Lipinski definition) is 4. The summed E-state index contributed by atoms with van der Waals surface area (Å²) in [4.78, 5) is 18.7. The highest BCUT2D eigenvalue weighted by Crippen LogP contribution is 2.23. The van der Waals surface area contributed by atoms with Crippen molar-refractivity contribution in [1.29, 1.82) is 0 Å². The van der Waals surface area contributed by atoms with Gasteiger partial charge in [0.1, 0.15) is 11.5 Å². The predicted molar refractivity (Wildman–Crippen MR) is 102 cm³/mol. The maximum Gasteiger partial charge on any atom is 0.222 e. The fourth-order valence-electron chi connectivity index (χ4n) is 3.29. The molecule has 8 heteroatoms. The summed E-state index contributed by atoms with van der Waals surface area (Å²) in [6.45, 7) is 2.07. The van der Waals surface area contributed by atoms with E-state index >= 15 is 0 Å². The topological polar surface area (TPSA) is 50.7 Å². The van der Waals surface area contributed by atoms with Crippen LogP contribution < -0.4 is 4.80 Å². The summed E-state index contributed by atoms with van der Waals surface area (Å²) in [5.74, 6) is -0.460. The van der Waals surface area contributed by atoms with Crippen molar-refractivity contribution in [1.82, 2.24) is 9.47 Å². The van der Waals surface area contributed by atoms with E-state index in [1.54, 1.807) is 12.3 Å². The third-order valence-corrected chi connectivity index (χ3v) is 5.54. The van der Waals surface area contributed by atoms with E-state index in [1.165, 1.54) is 23.5 Å². The molecule has 0 N–H and O–H groups in total. The molecule has 1 saturated heterocycles. The van der Waals surface area contributed by atoms with Crippen molar-refractivity contribution in [3.8, 4) is 11.5 Å². The molecule has 146 valence electrons. The van der Waals surface area contributed by atoms with Crippen LogP contribution in [0.3, 0.4) is 0 Å². The Balaban J connectivity index is 1.64. The molecular formula is C20H19F2N3O2S. The average molecular weight is 403 g/mol. The third-order valence-electron chi connectivity index (χ3n) is 4.68. The Bertz CT molecular complexity index is 1040. The standard InChI is InChI=1S/C20H19F2N3O2S/c21-14-6-7-16(15(22)12-14)23-20-25(10-3-9-24-8-1-5-19(24)26)17(13-28-20)18-4-2-11-27-18/h2,4,6-7,11-13H,1,3,5,8-10H2. The second kappa shape index (κ2) is 8.10. The molecule has 1 fully saturated rings. The Morgan fingerprint density at radius 2 is 2.11 bits per heavy atom. The van der Waals surface area contributed by atoms with Gasteiger partial charge >= 0.3 is 0 Å². The molecule has 5 nitrogen and oxygen atoms in total. The van der Waals surface area contributed by atoms with E-state index in [4.69, 9.17) is 4.42 Å². The summed E-state index contributed by atoms with van der Waals surface area (Å²) in [6.07, 6.45) is 3.87. The molecule has 1 amide bonds. The number of nitrogens with zero attached hydrogens (tertiary/aromatic N) is 3. The molecule has 1 aromatic carbocycles. The highest BCUT2D eigenvalue weighted by atomic mass is 32.1. The lowest BCUT2D eigenvalue weighted by atomic mass is 10.3. The number of carbonyl (C=O) groups excluding carboxylic acids is 1. The molecule has 3 aromatic rings. The number of amides is 1. The molecule has 1 aliphatic rings. The van der Waals surface area contributed by atoms with Gasteiger partial charge in [0.2, 0.25) is 5.91 Å². The Kier molecular flexibility index (Phi) is 5.38. The summed E-state index contributed by atoms with van der Waals surface area (Å²) in [5, 5.41) is 1.90. The van der Waals surface area contributed by atoms with Crippen LogP contribution in [-0.2, 0) is 11.3 Å². The zero-order valence-corrected chi connectivity index (χ0v) is 15.9. The molecule has 0 saturated carbocycles. The van der Waals surface area contributed by atoms with Gasteiger partial charge in [-0.25, -0.2) is 13.8 Å². The lowest BCUT2D eigenvalue weighted by Gasteiger charge is -2.16. The van der Waals surface area contributed by atoms with E-state index in [-0.39, 0.29) is 11.6 Å². The minimum Gasteiger partial charge on any atom is -0.463 e. The fourth-order valence-corrected chi connectivity index (χ4v) is 4.22. The van der Waals surface area contributed by atoms with Gasteiger partial charge in [-0.1, -0.05) is 0 Å². The quantitative estimate of drug-likeness (QED) is 0.615. The SMILES string of the molecule is O=C1CCCN1CCCn1c(-c2ccco2)csc1=Nc1ccc(F)cc1F. The first-order valence-corrected chi connectivity index (χ1v) is 9.99. The van der Waals surface area contributed by atoms with Crippen LogP contribution in [0.4, 0.5) is 14.5 Å². The summed E-state index contributed by atoms with van der Waals surface area (Å²) in [6, 6.07) is 6.99. The Labute approximate surface area is 164 Å². The molecule has 0 atom stereocenters. The number of halogens is 2. The Hall–Kier alpha value is -2.74. The molecule has 0 spiro atoms. The fraction of sp³-hybridized carbons (Fsp3) is 0.300. The highest BCUT2D eigenvalue weighted by Gasteiger charge is 2.19. The zero-order valence-electron chi connectivity index (χ0n) is 15.1. The van der Waals surface area contributed by atoms with E-state index in [9.17, 15) is 13.6 Å². The third kappa shape index (κ3) is 3.91. The number of furan rings is 1. The first-order chi connectivity index (χ1) is 13.6. The molecular weight excluding hydrogens is 384 g/mol. The van der Waals surface area contributed by atoms with Crippen molar-refractivity contribution < 1.29 is 18.0 Å². The van der Waals surface area contributed by atoms with Crippen molar-refractivity contribution >= 4 is 22.9 Å². The van der Waals surface area contributed by atoms with E-state index < -0.39 is 11.6 Å². The van der Waals surface area contributed by atoms with Crippen LogP contribution in [0.2, 0.25) is 0 Å². The molecule has 3 heterocycles. The van der Waals surface area contributed by atoms with E-state index in [0.29, 0.717) is 30.1 Å². The van der Waals surface area contributed by atoms with Crippen molar-refractivity contribution in [2.24, 2.45) is 4.99 Å².